The molecule has 1 aliphatic rings. The van der Waals surface area contributed by atoms with E-state index in [1.807, 2.05) is 54.6 Å². The Bertz CT molecular complexity index is 692. The molecule has 2 unspecified atom stereocenters. The van der Waals surface area contributed by atoms with E-state index in [4.69, 9.17) is 15.2 Å². The molecule has 0 bridgehead atoms. The summed E-state index contributed by atoms with van der Waals surface area (Å²) in [5.74, 6) is 1.52. The summed E-state index contributed by atoms with van der Waals surface area (Å²) >= 11 is 0. The zero-order chi connectivity index (χ0) is 16.9. The second-order valence-electron chi connectivity index (χ2n) is 5.73. The Hall–Kier alpha value is -2.57. The molecule has 2 amide bonds. The fraction of sp³-hybridized carbons (Fsp3) is 0.278. The molecule has 1 saturated heterocycles. The van der Waals surface area contributed by atoms with Crippen LogP contribution in [-0.4, -0.2) is 29.0 Å². The van der Waals surface area contributed by atoms with Gasteiger partial charge >= 0.3 is 6.03 Å². The first kappa shape index (κ1) is 16.3. The topological polar surface area (TPSA) is 85.0 Å². The van der Waals surface area contributed by atoms with Crippen molar-refractivity contribution in [3.8, 4) is 11.5 Å². The first-order valence-corrected chi connectivity index (χ1v) is 7.86. The summed E-state index contributed by atoms with van der Waals surface area (Å²) in [6, 6.07) is 16.4. The van der Waals surface area contributed by atoms with Gasteiger partial charge in [0.25, 0.3) is 0 Å². The van der Waals surface area contributed by atoms with Crippen molar-refractivity contribution in [2.24, 2.45) is 5.73 Å². The number of para-hydroxylation sites is 1. The first-order valence-electron chi connectivity index (χ1n) is 7.86. The first-order chi connectivity index (χ1) is 11.6. The van der Waals surface area contributed by atoms with E-state index in [-0.39, 0.29) is 18.8 Å². The maximum Gasteiger partial charge on any atom is 0.338 e. The summed E-state index contributed by atoms with van der Waals surface area (Å²) in [5, 5.41) is 9.90. The molecule has 1 heterocycles. The van der Waals surface area contributed by atoms with Crippen molar-refractivity contribution in [3.05, 3.63) is 60.2 Å². The van der Waals surface area contributed by atoms with Gasteiger partial charge in [0.2, 0.25) is 0 Å². The predicted octanol–water partition coefficient (Wildman–Crippen LogP) is 3.47. The molecule has 0 aromatic heterocycles. The molecule has 1 aliphatic heterocycles. The van der Waals surface area contributed by atoms with Gasteiger partial charge in [-0.05, 0) is 42.7 Å². The molecular formula is C18H20N2O4. The van der Waals surface area contributed by atoms with Crippen molar-refractivity contribution in [1.82, 2.24) is 5.06 Å². The average Bonchev–Trinajstić information content (AvgIpc) is 3.04. The lowest BCUT2D eigenvalue weighted by molar-refractivity contribution is -0.0788. The highest BCUT2D eigenvalue weighted by atomic mass is 16.5. The summed E-state index contributed by atoms with van der Waals surface area (Å²) in [4.78, 5) is 10.9. The van der Waals surface area contributed by atoms with Crippen LogP contribution in [0.4, 0.5) is 4.79 Å². The number of hydrogen-bond acceptors (Lipinski definition) is 4. The molecule has 0 spiro atoms. The fourth-order valence-corrected chi connectivity index (χ4v) is 2.77. The molecule has 24 heavy (non-hydrogen) atoms. The van der Waals surface area contributed by atoms with E-state index in [1.54, 1.807) is 0 Å². The van der Waals surface area contributed by atoms with Gasteiger partial charge in [-0.1, -0.05) is 30.3 Å². The average molecular weight is 328 g/mol. The lowest BCUT2D eigenvalue weighted by atomic mass is 10.1. The van der Waals surface area contributed by atoms with E-state index in [0.717, 1.165) is 29.9 Å². The Morgan fingerprint density at radius 3 is 2.67 bits per heavy atom. The van der Waals surface area contributed by atoms with Gasteiger partial charge < -0.3 is 15.2 Å². The Kier molecular flexibility index (Phi) is 4.98. The molecule has 0 saturated carbocycles. The van der Waals surface area contributed by atoms with E-state index in [1.165, 1.54) is 0 Å². The standard InChI is InChI=1S/C18H20N2O4/c19-18(21)20(22)12-16-9-10-17(24-16)13-5-4-8-15(11-13)23-14-6-2-1-3-7-14/h1-8,11,16-17,22H,9-10,12H2,(H2,19,21). The SMILES string of the molecule is NC(=O)N(O)CC1CCC(c2cccc(Oc3ccccc3)c2)O1. The molecule has 3 N–H and O–H groups in total. The number of benzene rings is 2. The summed E-state index contributed by atoms with van der Waals surface area (Å²) in [6.07, 6.45) is 1.24. The number of hydroxylamine groups is 2. The Morgan fingerprint density at radius 2 is 1.92 bits per heavy atom. The molecule has 1 fully saturated rings. The molecule has 6 heteroatoms. The Morgan fingerprint density at radius 1 is 1.17 bits per heavy atom. The highest BCUT2D eigenvalue weighted by molar-refractivity contribution is 5.70. The van der Waals surface area contributed by atoms with Crippen LogP contribution in [-0.2, 0) is 4.74 Å². The molecule has 2 aromatic rings. The van der Waals surface area contributed by atoms with Gasteiger partial charge in [0.05, 0.1) is 18.8 Å². The molecule has 6 nitrogen and oxygen atoms in total. The van der Waals surface area contributed by atoms with Gasteiger partial charge in [-0.15, -0.1) is 0 Å². The quantitative estimate of drug-likeness (QED) is 0.650. The van der Waals surface area contributed by atoms with Crippen LogP contribution in [0.25, 0.3) is 0 Å². The molecule has 0 aliphatic carbocycles. The number of carbonyl (C=O) groups is 1. The predicted molar refractivity (Wildman–Crippen MR) is 87.9 cm³/mol. The van der Waals surface area contributed by atoms with Crippen molar-refractivity contribution in [2.75, 3.05) is 6.54 Å². The maximum atomic E-state index is 10.9. The molecule has 2 atom stereocenters. The van der Waals surface area contributed by atoms with Gasteiger partial charge in [-0.3, -0.25) is 5.21 Å². The molecule has 2 aromatic carbocycles. The third-order valence-corrected chi connectivity index (χ3v) is 3.95. The minimum atomic E-state index is -0.875. The van der Waals surface area contributed by atoms with Crippen LogP contribution in [0.15, 0.2) is 54.6 Å². The number of nitrogens with two attached hydrogens (primary N) is 1. The zero-order valence-corrected chi connectivity index (χ0v) is 13.2. The summed E-state index contributed by atoms with van der Waals surface area (Å²) in [6.45, 7) is 0.0754. The lowest BCUT2D eigenvalue weighted by Gasteiger charge is -2.18. The van der Waals surface area contributed by atoms with Crippen molar-refractivity contribution < 1.29 is 19.5 Å². The van der Waals surface area contributed by atoms with Crippen molar-refractivity contribution >= 4 is 6.03 Å². The van der Waals surface area contributed by atoms with Crippen molar-refractivity contribution in [1.29, 1.82) is 0 Å². The van der Waals surface area contributed by atoms with Crippen molar-refractivity contribution in [2.45, 2.75) is 25.0 Å². The van der Waals surface area contributed by atoms with E-state index in [2.05, 4.69) is 0 Å². The third-order valence-electron chi connectivity index (χ3n) is 3.95. The van der Waals surface area contributed by atoms with E-state index in [0.29, 0.717) is 5.06 Å². The summed E-state index contributed by atoms with van der Waals surface area (Å²) < 4.78 is 11.7. The number of carbonyl (C=O) groups excluding carboxylic acids is 1. The Labute approximate surface area is 140 Å². The number of ether oxygens (including phenoxy) is 2. The molecule has 0 radical (unpaired) electrons. The zero-order valence-electron chi connectivity index (χ0n) is 13.2. The van der Waals surface area contributed by atoms with E-state index < -0.39 is 6.03 Å². The maximum absolute atomic E-state index is 10.9. The summed E-state index contributed by atoms with van der Waals surface area (Å²) in [7, 11) is 0. The van der Waals surface area contributed by atoms with Crippen LogP contribution in [0.2, 0.25) is 0 Å². The minimum Gasteiger partial charge on any atom is -0.457 e. The van der Waals surface area contributed by atoms with Gasteiger partial charge in [0.1, 0.15) is 11.5 Å². The number of nitrogens with zero attached hydrogens (tertiary/aromatic N) is 1. The van der Waals surface area contributed by atoms with Crippen LogP contribution < -0.4 is 10.5 Å². The molecule has 3 rings (SSSR count). The number of amides is 2. The van der Waals surface area contributed by atoms with Gasteiger partial charge in [-0.25, -0.2) is 9.86 Å². The van der Waals surface area contributed by atoms with Crippen molar-refractivity contribution in [3.63, 3.8) is 0 Å². The number of primary amides is 1. The number of urea groups is 1. The van der Waals surface area contributed by atoms with Crippen LogP contribution in [0.3, 0.4) is 0 Å². The lowest BCUT2D eigenvalue weighted by Crippen LogP contribution is -2.38. The van der Waals surface area contributed by atoms with Gasteiger partial charge in [-0.2, -0.15) is 0 Å². The molecular weight excluding hydrogens is 308 g/mol. The molecule has 126 valence electrons. The third kappa shape index (κ3) is 4.04. The summed E-state index contributed by atoms with van der Waals surface area (Å²) in [5.41, 5.74) is 6.03. The monoisotopic (exact) mass is 328 g/mol. The smallest absolute Gasteiger partial charge is 0.338 e. The second-order valence-corrected chi connectivity index (χ2v) is 5.73. The number of rotatable bonds is 5. The van der Waals surface area contributed by atoms with Crippen LogP contribution in [0.5, 0.6) is 11.5 Å². The Balaban J connectivity index is 1.63. The van der Waals surface area contributed by atoms with Crippen LogP contribution >= 0.6 is 0 Å². The van der Waals surface area contributed by atoms with Crippen LogP contribution in [0, 0.1) is 0 Å². The minimum absolute atomic E-state index is 0.0754. The van der Waals surface area contributed by atoms with Gasteiger partial charge in [0.15, 0.2) is 0 Å². The second kappa shape index (κ2) is 7.33. The highest BCUT2D eigenvalue weighted by Crippen LogP contribution is 2.35. The normalized spacial score (nSPS) is 19.9. The van der Waals surface area contributed by atoms with E-state index in [9.17, 15) is 10.0 Å². The van der Waals surface area contributed by atoms with Gasteiger partial charge in [0, 0.05) is 0 Å². The van der Waals surface area contributed by atoms with Crippen LogP contribution in [0.1, 0.15) is 24.5 Å². The number of hydrogen-bond donors (Lipinski definition) is 2. The largest absolute Gasteiger partial charge is 0.457 e. The highest BCUT2D eigenvalue weighted by Gasteiger charge is 2.28. The van der Waals surface area contributed by atoms with E-state index >= 15 is 0 Å². The fourth-order valence-electron chi connectivity index (χ4n) is 2.77.